The highest BCUT2D eigenvalue weighted by Gasteiger charge is 2.20. The molecule has 218 valence electrons. The molecule has 0 aliphatic heterocycles. The van der Waals surface area contributed by atoms with Crippen molar-refractivity contribution in [2.75, 3.05) is 14.2 Å². The number of methoxy groups -OCH3 is 2. The van der Waals surface area contributed by atoms with Crippen molar-refractivity contribution in [1.29, 1.82) is 0 Å². The molecule has 1 aromatic heterocycles. The normalized spacial score (nSPS) is 11.3. The highest BCUT2D eigenvalue weighted by Crippen LogP contribution is 2.38. The van der Waals surface area contributed by atoms with Gasteiger partial charge in [0.15, 0.2) is 23.1 Å². The largest absolute Gasteiger partial charge is 0.493 e. The zero-order chi connectivity index (χ0) is 30.3. The van der Waals surface area contributed by atoms with Crippen LogP contribution in [0.25, 0.3) is 22.6 Å². The first kappa shape index (κ1) is 30.5. The van der Waals surface area contributed by atoms with Gasteiger partial charge in [-0.1, -0.05) is 60.7 Å². The summed E-state index contributed by atoms with van der Waals surface area (Å²) < 4.78 is 61.4. The summed E-state index contributed by atoms with van der Waals surface area (Å²) in [6.07, 6.45) is 0.510. The summed E-state index contributed by atoms with van der Waals surface area (Å²) in [5.74, 6) is 2.23. The molecular formula is C30H29N3O7S2. The fourth-order valence-electron chi connectivity index (χ4n) is 3.99. The zero-order valence-electron chi connectivity index (χ0n) is 22.8. The summed E-state index contributed by atoms with van der Waals surface area (Å²) in [6.45, 7) is 0. The van der Waals surface area contributed by atoms with Crippen molar-refractivity contribution in [3.8, 4) is 34.1 Å². The molecule has 0 unspecified atom stereocenters. The van der Waals surface area contributed by atoms with E-state index < -0.39 is 20.0 Å². The molecule has 1 heterocycles. The lowest BCUT2D eigenvalue weighted by atomic mass is 10.1. The molecule has 12 heteroatoms. The minimum Gasteiger partial charge on any atom is -0.493 e. The van der Waals surface area contributed by atoms with Gasteiger partial charge in [-0.15, -0.1) is 0 Å². The van der Waals surface area contributed by atoms with E-state index in [1.165, 1.54) is 24.3 Å². The third-order valence-corrected chi connectivity index (χ3v) is 7.90. The number of sulfonamides is 2. The number of rotatable bonds is 8. The fraction of sp³-hybridized carbons (Fsp3) is 0.100. The van der Waals surface area contributed by atoms with Crippen LogP contribution in [0.2, 0.25) is 0 Å². The average Bonchev–Trinajstić information content (AvgIpc) is 3.41. The Morgan fingerprint density at radius 2 is 1.19 bits per heavy atom. The molecule has 0 atom stereocenters. The molecule has 5 rings (SSSR count). The number of nitrogens with zero attached hydrogens (tertiary/aromatic N) is 1. The number of ether oxygens (including phenoxy) is 2. The van der Waals surface area contributed by atoms with Crippen molar-refractivity contribution < 1.29 is 30.7 Å². The van der Waals surface area contributed by atoms with Gasteiger partial charge in [0.2, 0.25) is 20.0 Å². The van der Waals surface area contributed by atoms with Crippen molar-refractivity contribution in [2.24, 2.45) is 10.3 Å². The number of primary sulfonamides is 2. The number of nitrogens with two attached hydrogens (primary N) is 2. The molecular weight excluding hydrogens is 578 g/mol. The smallest absolute Gasteiger partial charge is 0.238 e. The molecule has 0 spiro atoms. The van der Waals surface area contributed by atoms with Crippen molar-refractivity contribution in [1.82, 2.24) is 4.98 Å². The summed E-state index contributed by atoms with van der Waals surface area (Å²) in [4.78, 5) is 4.90. The molecule has 0 bridgehead atoms. The van der Waals surface area contributed by atoms with Crippen LogP contribution in [0.1, 0.15) is 11.5 Å². The maximum atomic E-state index is 11.6. The second-order valence-electron chi connectivity index (χ2n) is 8.94. The lowest BCUT2D eigenvalue weighted by molar-refractivity contribution is 0.355. The van der Waals surface area contributed by atoms with Crippen LogP contribution < -0.4 is 19.8 Å². The molecule has 0 saturated heterocycles. The molecule has 0 radical (unpaired) electrons. The average molecular weight is 608 g/mol. The van der Waals surface area contributed by atoms with Crippen molar-refractivity contribution >= 4 is 20.0 Å². The molecule has 5 aromatic rings. The second-order valence-corrected chi connectivity index (χ2v) is 12.1. The van der Waals surface area contributed by atoms with E-state index in [1.807, 2.05) is 42.5 Å². The van der Waals surface area contributed by atoms with Gasteiger partial charge in [0, 0.05) is 17.5 Å². The highest BCUT2D eigenvalue weighted by molar-refractivity contribution is 7.89. The third-order valence-electron chi connectivity index (χ3n) is 6.04. The van der Waals surface area contributed by atoms with Gasteiger partial charge in [-0.25, -0.2) is 32.1 Å². The van der Waals surface area contributed by atoms with Crippen LogP contribution in [-0.2, 0) is 26.5 Å². The third kappa shape index (κ3) is 7.62. The van der Waals surface area contributed by atoms with Gasteiger partial charge in [-0.05, 0) is 48.0 Å². The minimum atomic E-state index is -3.79. The highest BCUT2D eigenvalue weighted by atomic mass is 32.2. The van der Waals surface area contributed by atoms with Gasteiger partial charge in [-0.2, -0.15) is 0 Å². The van der Waals surface area contributed by atoms with Crippen LogP contribution in [0, 0.1) is 0 Å². The van der Waals surface area contributed by atoms with Gasteiger partial charge >= 0.3 is 0 Å². The summed E-state index contributed by atoms with van der Waals surface area (Å²) in [5.41, 5.74) is 3.10. The Morgan fingerprint density at radius 3 is 1.71 bits per heavy atom. The topological polar surface area (TPSA) is 165 Å². The minimum absolute atomic E-state index is 0.0296. The van der Waals surface area contributed by atoms with E-state index in [4.69, 9.17) is 29.2 Å². The van der Waals surface area contributed by atoms with Crippen LogP contribution in [0.3, 0.4) is 0 Å². The number of aromatic nitrogens is 1. The second kappa shape index (κ2) is 13.0. The van der Waals surface area contributed by atoms with E-state index in [-0.39, 0.29) is 9.79 Å². The van der Waals surface area contributed by atoms with Gasteiger partial charge in [0.25, 0.3) is 0 Å². The lowest BCUT2D eigenvalue weighted by Gasteiger charge is -2.09. The van der Waals surface area contributed by atoms with E-state index in [9.17, 15) is 16.8 Å². The summed E-state index contributed by atoms with van der Waals surface area (Å²) in [5, 5.41) is 10.1. The van der Waals surface area contributed by atoms with E-state index in [2.05, 4.69) is 0 Å². The van der Waals surface area contributed by atoms with Crippen molar-refractivity contribution in [3.05, 3.63) is 115 Å². The first-order valence-electron chi connectivity index (χ1n) is 12.5. The van der Waals surface area contributed by atoms with Crippen LogP contribution in [0.4, 0.5) is 0 Å². The lowest BCUT2D eigenvalue weighted by Crippen LogP contribution is -2.11. The van der Waals surface area contributed by atoms with Crippen LogP contribution in [0.15, 0.2) is 117 Å². The number of hydrogen-bond acceptors (Lipinski definition) is 8. The van der Waals surface area contributed by atoms with E-state index >= 15 is 0 Å². The molecule has 4 N–H and O–H groups in total. The monoisotopic (exact) mass is 607 g/mol. The molecule has 10 nitrogen and oxygen atoms in total. The van der Waals surface area contributed by atoms with Crippen LogP contribution in [-0.4, -0.2) is 36.0 Å². The number of benzene rings is 4. The molecule has 0 amide bonds. The Bertz CT molecular complexity index is 1860. The molecule has 0 fully saturated rings. The van der Waals surface area contributed by atoms with Crippen LogP contribution in [0.5, 0.6) is 11.5 Å². The molecule has 4 aromatic carbocycles. The van der Waals surface area contributed by atoms with Gasteiger partial charge in [0.05, 0.1) is 24.0 Å². The Hall–Kier alpha value is -4.49. The molecule has 0 aliphatic rings. The van der Waals surface area contributed by atoms with Gasteiger partial charge < -0.3 is 13.9 Å². The molecule has 42 heavy (non-hydrogen) atoms. The van der Waals surface area contributed by atoms with E-state index in [0.717, 1.165) is 11.1 Å². The quantitative estimate of drug-likeness (QED) is 0.258. The first-order chi connectivity index (χ1) is 20.0. The first-order valence-corrected chi connectivity index (χ1v) is 15.6. The van der Waals surface area contributed by atoms with E-state index in [1.54, 1.807) is 50.6 Å². The standard InChI is InChI=1S/C24H22N2O5S.C6H7NO2S/c1-29-20-13-10-18(15-21(20)30-2)24-23(17-8-11-19(12-9-17)32(25,27)28)26-22(31-24)14-16-6-4-3-5-7-16;7-10(8,9)6-4-2-1-3-5-6/h3-13,15H,14H2,1-2H3,(H2,25,27,28);1-5H,(H2,7,8,9). The Kier molecular flexibility index (Phi) is 9.43. The van der Waals surface area contributed by atoms with Gasteiger partial charge in [-0.3, -0.25) is 0 Å². The maximum absolute atomic E-state index is 11.6. The summed E-state index contributed by atoms with van der Waals surface area (Å²) in [6, 6.07) is 29.4. The Balaban J connectivity index is 0.000000343. The molecule has 0 aliphatic carbocycles. The fourth-order valence-corrected chi connectivity index (χ4v) is 5.04. The number of oxazole rings is 1. The summed E-state index contributed by atoms with van der Waals surface area (Å²) in [7, 11) is -4.16. The zero-order valence-corrected chi connectivity index (χ0v) is 24.4. The number of hydrogen-bond donors (Lipinski definition) is 2. The van der Waals surface area contributed by atoms with Crippen molar-refractivity contribution in [2.45, 2.75) is 16.2 Å². The van der Waals surface area contributed by atoms with Gasteiger partial charge in [0.1, 0.15) is 5.69 Å². The summed E-state index contributed by atoms with van der Waals surface area (Å²) >= 11 is 0. The predicted molar refractivity (Wildman–Crippen MR) is 159 cm³/mol. The Morgan fingerprint density at radius 1 is 0.667 bits per heavy atom. The molecule has 0 saturated carbocycles. The SMILES string of the molecule is COc1ccc(-c2oc(Cc3ccccc3)nc2-c2ccc(S(N)(=O)=O)cc2)cc1OC.NS(=O)(=O)c1ccccc1. The van der Waals surface area contributed by atoms with Crippen LogP contribution >= 0.6 is 0 Å². The maximum Gasteiger partial charge on any atom is 0.238 e. The van der Waals surface area contributed by atoms with Crippen molar-refractivity contribution in [3.63, 3.8) is 0 Å². The van der Waals surface area contributed by atoms with E-state index in [0.29, 0.717) is 40.8 Å². The Labute approximate surface area is 244 Å². The predicted octanol–water partition coefficient (Wildman–Crippen LogP) is 4.60.